The highest BCUT2D eigenvalue weighted by Gasteiger charge is 2.33. The number of carbonyl (C=O) groups excluding carboxylic acids is 2. The third-order valence-corrected chi connectivity index (χ3v) is 6.50. The van der Waals surface area contributed by atoms with Crippen molar-refractivity contribution in [1.82, 2.24) is 20.2 Å². The second kappa shape index (κ2) is 10.3. The molecule has 0 aliphatic carbocycles. The van der Waals surface area contributed by atoms with Crippen LogP contribution in [0, 0.1) is 0 Å². The van der Waals surface area contributed by atoms with Gasteiger partial charge in [0.25, 0.3) is 18.2 Å². The molecule has 0 bridgehead atoms. The van der Waals surface area contributed by atoms with E-state index >= 15 is 0 Å². The molecule has 1 fully saturated rings. The molecule has 34 heavy (non-hydrogen) atoms. The lowest BCUT2D eigenvalue weighted by Crippen LogP contribution is -2.35. The van der Waals surface area contributed by atoms with Crippen molar-refractivity contribution >= 4 is 29.0 Å². The summed E-state index contributed by atoms with van der Waals surface area (Å²) in [6.07, 6.45) is 0.139. The Morgan fingerprint density at radius 2 is 2.06 bits per heavy atom. The van der Waals surface area contributed by atoms with E-state index in [9.17, 15) is 23.5 Å². The maximum absolute atomic E-state index is 14.1. The number of anilines is 1. The number of alkyl halides is 2. The van der Waals surface area contributed by atoms with Crippen molar-refractivity contribution in [3.05, 3.63) is 28.5 Å². The van der Waals surface area contributed by atoms with Crippen LogP contribution < -0.4 is 10.6 Å². The zero-order valence-electron chi connectivity index (χ0n) is 20.0. The van der Waals surface area contributed by atoms with E-state index in [2.05, 4.69) is 20.6 Å². The number of hydrogen-bond acceptors (Lipinski definition) is 7. The number of aromatic nitrogens is 2. The summed E-state index contributed by atoms with van der Waals surface area (Å²) in [5.41, 5.74) is -0.665. The summed E-state index contributed by atoms with van der Waals surface area (Å²) in [6, 6.07) is 0.726. The predicted molar refractivity (Wildman–Crippen MR) is 127 cm³/mol. The van der Waals surface area contributed by atoms with Gasteiger partial charge in [-0.3, -0.25) is 9.59 Å². The molecule has 1 aliphatic rings. The molecule has 1 aliphatic heterocycles. The van der Waals surface area contributed by atoms with Crippen molar-refractivity contribution in [2.75, 3.05) is 18.5 Å². The van der Waals surface area contributed by atoms with Crippen molar-refractivity contribution in [2.45, 2.75) is 71.5 Å². The zero-order valence-corrected chi connectivity index (χ0v) is 20.8. The summed E-state index contributed by atoms with van der Waals surface area (Å²) in [7, 11) is 0. The Balaban J connectivity index is 2.11. The number of aliphatic hydroxyl groups is 1. The van der Waals surface area contributed by atoms with E-state index in [1.165, 1.54) is 12.3 Å². The van der Waals surface area contributed by atoms with E-state index in [1.807, 2.05) is 27.7 Å². The van der Waals surface area contributed by atoms with Crippen LogP contribution in [-0.2, 0) is 0 Å². The number of pyridine rings is 1. The highest BCUT2D eigenvalue weighted by Crippen LogP contribution is 2.39. The van der Waals surface area contributed by atoms with Gasteiger partial charge < -0.3 is 20.6 Å². The molecule has 3 N–H and O–H groups in total. The van der Waals surface area contributed by atoms with Gasteiger partial charge in [0.15, 0.2) is 5.01 Å². The highest BCUT2D eigenvalue weighted by molar-refractivity contribution is 7.17. The first-order valence-corrected chi connectivity index (χ1v) is 12.0. The number of likely N-dealkylation sites (tertiary alicyclic amines) is 1. The number of thiazole rings is 1. The van der Waals surface area contributed by atoms with Crippen LogP contribution >= 0.6 is 11.3 Å². The standard InChI is InChI=1S/C23H31F2N5O3S/c1-12(11-31)27-20(32)21-28-17(22(33)30-8-6-7-13(30)2)18(34-21)15-10-26-16(29-23(3,4)5)9-14(15)19(24)25/h9-10,12-13,19,31H,6-8,11H2,1-5H3,(H,26,29)(H,27,32)/t12?,13-/m0/s1. The lowest BCUT2D eigenvalue weighted by atomic mass is 10.1. The minimum atomic E-state index is -2.83. The van der Waals surface area contributed by atoms with E-state index in [4.69, 9.17) is 0 Å². The van der Waals surface area contributed by atoms with Gasteiger partial charge in [-0.15, -0.1) is 11.3 Å². The van der Waals surface area contributed by atoms with Crippen LogP contribution in [0.4, 0.5) is 14.6 Å². The quantitative estimate of drug-likeness (QED) is 0.534. The number of nitrogens with one attached hydrogen (secondary N) is 2. The second-order valence-electron chi connectivity index (χ2n) is 9.58. The monoisotopic (exact) mass is 495 g/mol. The second-order valence-corrected chi connectivity index (χ2v) is 10.6. The fraction of sp³-hybridized carbons (Fsp3) is 0.565. The number of rotatable bonds is 7. The minimum Gasteiger partial charge on any atom is -0.394 e. The maximum Gasteiger partial charge on any atom is 0.280 e. The van der Waals surface area contributed by atoms with E-state index in [0.29, 0.717) is 6.54 Å². The number of hydrogen-bond donors (Lipinski definition) is 3. The largest absolute Gasteiger partial charge is 0.394 e. The maximum atomic E-state index is 14.1. The van der Waals surface area contributed by atoms with Gasteiger partial charge >= 0.3 is 0 Å². The Bertz CT molecular complexity index is 1050. The van der Waals surface area contributed by atoms with Gasteiger partial charge in [0, 0.05) is 41.5 Å². The molecule has 11 heteroatoms. The molecule has 2 aromatic rings. The number of amides is 2. The van der Waals surface area contributed by atoms with Crippen molar-refractivity contribution in [2.24, 2.45) is 0 Å². The van der Waals surface area contributed by atoms with E-state index in [0.717, 1.165) is 24.2 Å². The molecule has 8 nitrogen and oxygen atoms in total. The summed E-state index contributed by atoms with van der Waals surface area (Å²) in [5, 5.41) is 14.9. The Morgan fingerprint density at radius 1 is 1.35 bits per heavy atom. The van der Waals surface area contributed by atoms with Crippen LogP contribution in [-0.4, -0.2) is 62.6 Å². The molecule has 186 valence electrons. The fourth-order valence-electron chi connectivity index (χ4n) is 3.74. The average molecular weight is 496 g/mol. The smallest absolute Gasteiger partial charge is 0.280 e. The average Bonchev–Trinajstić information content (AvgIpc) is 3.38. The fourth-order valence-corrected chi connectivity index (χ4v) is 4.73. The summed E-state index contributed by atoms with van der Waals surface area (Å²) in [4.78, 5) is 36.5. The first-order chi connectivity index (χ1) is 15.9. The minimum absolute atomic E-state index is 0.0141. The van der Waals surface area contributed by atoms with Gasteiger partial charge in [-0.1, -0.05) is 0 Å². The Hall–Kier alpha value is -2.66. The molecule has 2 amide bonds. The van der Waals surface area contributed by atoms with Gasteiger partial charge in [0.1, 0.15) is 11.5 Å². The summed E-state index contributed by atoms with van der Waals surface area (Å²) < 4.78 is 28.3. The molecule has 0 radical (unpaired) electrons. The lowest BCUT2D eigenvalue weighted by Gasteiger charge is -2.23. The van der Waals surface area contributed by atoms with Gasteiger partial charge in [0.2, 0.25) is 0 Å². The van der Waals surface area contributed by atoms with Crippen molar-refractivity contribution < 1.29 is 23.5 Å². The summed E-state index contributed by atoms with van der Waals surface area (Å²) >= 11 is 0.866. The number of carbonyl (C=O) groups is 2. The summed E-state index contributed by atoms with van der Waals surface area (Å²) in [6.45, 7) is 9.47. The number of halogens is 2. The Kier molecular flexibility index (Phi) is 7.87. The molecule has 0 saturated carbocycles. The van der Waals surface area contributed by atoms with E-state index < -0.39 is 24.3 Å². The topological polar surface area (TPSA) is 107 Å². The third kappa shape index (κ3) is 5.87. The number of aliphatic hydroxyl groups excluding tert-OH is 1. The lowest BCUT2D eigenvalue weighted by molar-refractivity contribution is 0.0743. The van der Waals surface area contributed by atoms with Crippen molar-refractivity contribution in [3.63, 3.8) is 0 Å². The van der Waals surface area contributed by atoms with Crippen LogP contribution in [0.25, 0.3) is 10.4 Å². The molecule has 1 saturated heterocycles. The first-order valence-electron chi connectivity index (χ1n) is 11.2. The molecular weight excluding hydrogens is 464 g/mol. The van der Waals surface area contributed by atoms with Crippen LogP contribution in [0.1, 0.15) is 79.7 Å². The van der Waals surface area contributed by atoms with Gasteiger partial charge in [0.05, 0.1) is 11.5 Å². The summed E-state index contributed by atoms with van der Waals surface area (Å²) in [5.74, 6) is -0.701. The third-order valence-electron chi connectivity index (χ3n) is 5.41. The van der Waals surface area contributed by atoms with Crippen LogP contribution in [0.15, 0.2) is 12.3 Å². The van der Waals surface area contributed by atoms with Gasteiger partial charge in [-0.2, -0.15) is 0 Å². The molecular formula is C23H31F2N5O3S. The normalized spacial score (nSPS) is 17.2. The Labute approximate surface area is 201 Å². The molecule has 2 atom stereocenters. The van der Waals surface area contributed by atoms with E-state index in [1.54, 1.807) is 11.8 Å². The zero-order chi connectivity index (χ0) is 25.2. The molecule has 3 rings (SSSR count). The van der Waals surface area contributed by atoms with Gasteiger partial charge in [-0.25, -0.2) is 18.7 Å². The van der Waals surface area contributed by atoms with Crippen LogP contribution in [0.2, 0.25) is 0 Å². The first kappa shape index (κ1) is 26.0. The number of nitrogens with zero attached hydrogens (tertiary/aromatic N) is 3. The van der Waals surface area contributed by atoms with Crippen LogP contribution in [0.3, 0.4) is 0 Å². The Morgan fingerprint density at radius 3 is 2.62 bits per heavy atom. The SMILES string of the molecule is CC(CO)NC(=O)c1nc(C(=O)N2CCC[C@@H]2C)c(-c2cnc(NC(C)(C)C)cc2C(F)F)s1. The predicted octanol–water partition coefficient (Wildman–Crippen LogP) is 4.09. The molecule has 0 aromatic carbocycles. The molecule has 3 heterocycles. The molecule has 2 aromatic heterocycles. The van der Waals surface area contributed by atoms with Gasteiger partial charge in [-0.05, 0) is 53.5 Å². The van der Waals surface area contributed by atoms with E-state index in [-0.39, 0.29) is 50.7 Å². The highest BCUT2D eigenvalue weighted by atomic mass is 32.1. The van der Waals surface area contributed by atoms with Crippen molar-refractivity contribution in [1.29, 1.82) is 0 Å². The molecule has 0 spiro atoms. The molecule has 1 unspecified atom stereocenters. The van der Waals surface area contributed by atoms with Crippen LogP contribution in [0.5, 0.6) is 0 Å². The van der Waals surface area contributed by atoms with Crippen molar-refractivity contribution in [3.8, 4) is 10.4 Å².